The zero-order valence-corrected chi connectivity index (χ0v) is 11.8. The van der Waals surface area contributed by atoms with E-state index in [1.165, 1.54) is 12.3 Å². The molecule has 0 aliphatic carbocycles. The Hall–Kier alpha value is -1.65. The first-order chi connectivity index (χ1) is 8.99. The number of rotatable bonds is 6. The summed E-state index contributed by atoms with van der Waals surface area (Å²) >= 11 is 0. The second-order valence-corrected chi connectivity index (χ2v) is 4.86. The molecule has 0 atom stereocenters. The molecule has 1 heterocycles. The third-order valence-electron chi connectivity index (χ3n) is 3.03. The molecule has 1 amide bonds. The molecule has 19 heavy (non-hydrogen) atoms. The van der Waals surface area contributed by atoms with Crippen LogP contribution >= 0.6 is 0 Å². The number of nitrogen functional groups attached to an aromatic ring is 1. The number of carbonyl (C=O) groups is 1. The van der Waals surface area contributed by atoms with Crippen molar-refractivity contribution < 1.29 is 9.18 Å². The fourth-order valence-electron chi connectivity index (χ4n) is 1.91. The van der Waals surface area contributed by atoms with Gasteiger partial charge in [-0.3, -0.25) is 4.79 Å². The molecule has 1 aromatic rings. The van der Waals surface area contributed by atoms with E-state index in [2.05, 4.69) is 11.9 Å². The fraction of sp³-hybridized carbons (Fsp3) is 0.571. The Morgan fingerprint density at radius 1 is 1.47 bits per heavy atom. The van der Waals surface area contributed by atoms with Crippen LogP contribution in [0.4, 0.5) is 10.2 Å². The summed E-state index contributed by atoms with van der Waals surface area (Å²) < 4.78 is 13.8. The van der Waals surface area contributed by atoms with Crippen molar-refractivity contribution in [3.8, 4) is 0 Å². The lowest BCUT2D eigenvalue weighted by molar-refractivity contribution is 0.0697. The highest BCUT2D eigenvalue weighted by Crippen LogP contribution is 2.16. The van der Waals surface area contributed by atoms with Gasteiger partial charge in [0.2, 0.25) is 0 Å². The molecule has 0 fully saturated rings. The molecule has 0 aliphatic rings. The minimum Gasteiger partial charge on any atom is -0.381 e. The molecule has 0 spiro atoms. The maximum atomic E-state index is 13.8. The van der Waals surface area contributed by atoms with Crippen LogP contribution in [0.3, 0.4) is 0 Å². The summed E-state index contributed by atoms with van der Waals surface area (Å²) in [4.78, 5) is 17.7. The summed E-state index contributed by atoms with van der Waals surface area (Å²) in [6, 6.07) is 1.40. The number of hydrogen-bond donors (Lipinski definition) is 1. The smallest absolute Gasteiger partial charge is 0.257 e. The molecule has 1 aromatic heterocycles. The molecule has 106 valence electrons. The Bertz CT molecular complexity index is 435. The third kappa shape index (κ3) is 3.91. The number of nitrogens with two attached hydrogens (primary N) is 1. The van der Waals surface area contributed by atoms with Gasteiger partial charge in [-0.05, 0) is 26.3 Å². The van der Waals surface area contributed by atoms with Gasteiger partial charge in [-0.1, -0.05) is 19.8 Å². The average molecular weight is 267 g/mol. The van der Waals surface area contributed by atoms with Crippen LogP contribution in [0.25, 0.3) is 0 Å². The number of pyridine rings is 1. The molecule has 0 saturated carbocycles. The Morgan fingerprint density at radius 3 is 2.74 bits per heavy atom. The molecular formula is C14H22FN3O. The zero-order valence-electron chi connectivity index (χ0n) is 11.8. The van der Waals surface area contributed by atoms with Crippen LogP contribution < -0.4 is 5.73 Å². The van der Waals surface area contributed by atoms with E-state index in [1.807, 2.05) is 13.8 Å². The van der Waals surface area contributed by atoms with Gasteiger partial charge in [-0.25, -0.2) is 9.37 Å². The van der Waals surface area contributed by atoms with E-state index >= 15 is 0 Å². The molecule has 5 heteroatoms. The number of nitrogens with zero attached hydrogens (tertiary/aromatic N) is 2. The van der Waals surface area contributed by atoms with E-state index in [0.29, 0.717) is 6.54 Å². The molecule has 0 radical (unpaired) electrons. The summed E-state index contributed by atoms with van der Waals surface area (Å²) in [7, 11) is 0. The summed E-state index contributed by atoms with van der Waals surface area (Å²) in [6.07, 6.45) is 4.41. The van der Waals surface area contributed by atoms with Crippen LogP contribution in [-0.2, 0) is 0 Å². The van der Waals surface area contributed by atoms with Crippen LogP contribution in [0, 0.1) is 5.82 Å². The standard InChI is InChI=1S/C14H22FN3O/c1-4-5-6-9-18(10(2)3)14(19)11-7-8-17-13(16)12(11)15/h7-8,10H,4-6,9H2,1-3H3,(H2,16,17). The Labute approximate surface area is 113 Å². The number of amides is 1. The van der Waals surface area contributed by atoms with Crippen molar-refractivity contribution >= 4 is 11.7 Å². The highest BCUT2D eigenvalue weighted by molar-refractivity contribution is 5.95. The summed E-state index contributed by atoms with van der Waals surface area (Å²) in [6.45, 7) is 6.58. The normalized spacial score (nSPS) is 10.8. The van der Waals surface area contributed by atoms with Gasteiger partial charge in [0.1, 0.15) is 0 Å². The lowest BCUT2D eigenvalue weighted by Crippen LogP contribution is -2.38. The maximum Gasteiger partial charge on any atom is 0.257 e. The molecular weight excluding hydrogens is 245 g/mol. The van der Waals surface area contributed by atoms with Gasteiger partial charge in [0, 0.05) is 18.8 Å². The van der Waals surface area contributed by atoms with Gasteiger partial charge < -0.3 is 10.6 Å². The average Bonchev–Trinajstić information content (AvgIpc) is 2.37. The third-order valence-corrected chi connectivity index (χ3v) is 3.03. The van der Waals surface area contributed by atoms with Crippen molar-refractivity contribution in [3.63, 3.8) is 0 Å². The Kier molecular flexibility index (Phi) is 5.73. The van der Waals surface area contributed by atoms with Crippen molar-refractivity contribution in [2.45, 2.75) is 46.1 Å². The molecule has 0 unspecified atom stereocenters. The van der Waals surface area contributed by atoms with E-state index in [4.69, 9.17) is 5.73 Å². The number of unbranched alkanes of at least 4 members (excludes halogenated alkanes) is 2. The van der Waals surface area contributed by atoms with Crippen molar-refractivity contribution in [1.82, 2.24) is 9.88 Å². The molecule has 0 aromatic carbocycles. The lowest BCUT2D eigenvalue weighted by atomic mass is 10.1. The van der Waals surface area contributed by atoms with Crippen molar-refractivity contribution in [2.75, 3.05) is 12.3 Å². The number of anilines is 1. The summed E-state index contributed by atoms with van der Waals surface area (Å²) in [5.74, 6) is -1.28. The first-order valence-electron chi connectivity index (χ1n) is 6.70. The van der Waals surface area contributed by atoms with Gasteiger partial charge in [0.05, 0.1) is 5.56 Å². The lowest BCUT2D eigenvalue weighted by Gasteiger charge is -2.27. The molecule has 0 saturated heterocycles. The number of hydrogen-bond acceptors (Lipinski definition) is 3. The van der Waals surface area contributed by atoms with Gasteiger partial charge in [-0.15, -0.1) is 0 Å². The van der Waals surface area contributed by atoms with E-state index in [9.17, 15) is 9.18 Å². The van der Waals surface area contributed by atoms with Crippen molar-refractivity contribution in [1.29, 1.82) is 0 Å². The van der Waals surface area contributed by atoms with Crippen LogP contribution in [-0.4, -0.2) is 28.4 Å². The topological polar surface area (TPSA) is 59.2 Å². The van der Waals surface area contributed by atoms with Crippen LogP contribution in [0.1, 0.15) is 50.4 Å². The Balaban J connectivity index is 2.90. The van der Waals surface area contributed by atoms with Gasteiger partial charge in [-0.2, -0.15) is 0 Å². The minimum atomic E-state index is -0.728. The summed E-state index contributed by atoms with van der Waals surface area (Å²) in [5.41, 5.74) is 5.40. The number of carbonyl (C=O) groups excluding carboxylic acids is 1. The zero-order chi connectivity index (χ0) is 14.4. The largest absolute Gasteiger partial charge is 0.381 e. The Morgan fingerprint density at radius 2 is 2.16 bits per heavy atom. The highest BCUT2D eigenvalue weighted by Gasteiger charge is 2.22. The molecule has 1 rings (SSSR count). The first kappa shape index (κ1) is 15.4. The van der Waals surface area contributed by atoms with E-state index in [1.54, 1.807) is 4.90 Å². The number of aromatic nitrogens is 1. The SMILES string of the molecule is CCCCCN(C(=O)c1ccnc(N)c1F)C(C)C. The maximum absolute atomic E-state index is 13.8. The van der Waals surface area contributed by atoms with Crippen LogP contribution in [0.2, 0.25) is 0 Å². The quantitative estimate of drug-likeness (QED) is 0.806. The molecule has 4 nitrogen and oxygen atoms in total. The second kappa shape index (κ2) is 7.07. The molecule has 0 bridgehead atoms. The predicted octanol–water partition coefficient (Wildman–Crippen LogP) is 2.84. The van der Waals surface area contributed by atoms with Crippen LogP contribution in [0.15, 0.2) is 12.3 Å². The highest BCUT2D eigenvalue weighted by atomic mass is 19.1. The van der Waals surface area contributed by atoms with E-state index < -0.39 is 5.82 Å². The second-order valence-electron chi connectivity index (χ2n) is 4.86. The monoisotopic (exact) mass is 267 g/mol. The fourth-order valence-corrected chi connectivity index (χ4v) is 1.91. The minimum absolute atomic E-state index is 0.00213. The van der Waals surface area contributed by atoms with E-state index in [-0.39, 0.29) is 23.3 Å². The molecule has 2 N–H and O–H groups in total. The van der Waals surface area contributed by atoms with Gasteiger partial charge in [0.25, 0.3) is 5.91 Å². The van der Waals surface area contributed by atoms with Crippen molar-refractivity contribution in [2.24, 2.45) is 0 Å². The summed E-state index contributed by atoms with van der Waals surface area (Å²) in [5, 5.41) is 0. The van der Waals surface area contributed by atoms with Crippen molar-refractivity contribution in [3.05, 3.63) is 23.6 Å². The van der Waals surface area contributed by atoms with Gasteiger partial charge >= 0.3 is 0 Å². The first-order valence-corrected chi connectivity index (χ1v) is 6.70. The molecule has 0 aliphatic heterocycles. The number of halogens is 1. The van der Waals surface area contributed by atoms with Gasteiger partial charge in [0.15, 0.2) is 11.6 Å². The predicted molar refractivity (Wildman–Crippen MR) is 74.3 cm³/mol. The van der Waals surface area contributed by atoms with Crippen LogP contribution in [0.5, 0.6) is 0 Å². The van der Waals surface area contributed by atoms with E-state index in [0.717, 1.165) is 19.3 Å².